The van der Waals surface area contributed by atoms with Gasteiger partial charge in [0.2, 0.25) is 0 Å². The SMILES string of the molecule is CC(C)(C)c1cc(-n2cc(C(=O)NCCN)nn2)cc(C(C)(C)C)c1.Cl. The van der Waals surface area contributed by atoms with E-state index in [1.54, 1.807) is 10.9 Å². The molecule has 2 aromatic rings. The molecular formula is C19H30ClN5O. The first-order valence-electron chi connectivity index (χ1n) is 8.59. The molecule has 0 radical (unpaired) electrons. The van der Waals surface area contributed by atoms with E-state index in [1.165, 1.54) is 11.1 Å². The molecule has 1 amide bonds. The second kappa shape index (κ2) is 8.18. The first-order valence-corrected chi connectivity index (χ1v) is 8.59. The van der Waals surface area contributed by atoms with Crippen molar-refractivity contribution in [3.63, 3.8) is 0 Å². The fourth-order valence-corrected chi connectivity index (χ4v) is 2.38. The molecule has 0 fully saturated rings. The molecule has 2 rings (SSSR count). The molecule has 0 saturated carbocycles. The quantitative estimate of drug-likeness (QED) is 0.855. The number of benzene rings is 1. The van der Waals surface area contributed by atoms with E-state index in [-0.39, 0.29) is 34.8 Å². The zero-order chi connectivity index (χ0) is 18.8. The number of nitrogens with zero attached hydrogens (tertiary/aromatic N) is 3. The Kier molecular flexibility index (Phi) is 6.96. The molecule has 26 heavy (non-hydrogen) atoms. The van der Waals surface area contributed by atoms with Crippen LogP contribution in [-0.4, -0.2) is 34.0 Å². The van der Waals surface area contributed by atoms with Gasteiger partial charge in [-0.15, -0.1) is 17.5 Å². The Morgan fingerprint density at radius 2 is 1.62 bits per heavy atom. The van der Waals surface area contributed by atoms with E-state index in [9.17, 15) is 4.79 Å². The van der Waals surface area contributed by atoms with Gasteiger partial charge in [-0.3, -0.25) is 4.79 Å². The maximum absolute atomic E-state index is 12.0. The van der Waals surface area contributed by atoms with Crippen molar-refractivity contribution < 1.29 is 4.79 Å². The Morgan fingerprint density at radius 1 is 1.08 bits per heavy atom. The van der Waals surface area contributed by atoms with Crippen molar-refractivity contribution in [1.82, 2.24) is 20.3 Å². The smallest absolute Gasteiger partial charge is 0.273 e. The minimum Gasteiger partial charge on any atom is -0.349 e. The minimum absolute atomic E-state index is 0. The molecule has 0 aliphatic rings. The fourth-order valence-electron chi connectivity index (χ4n) is 2.38. The van der Waals surface area contributed by atoms with Gasteiger partial charge in [0, 0.05) is 13.1 Å². The summed E-state index contributed by atoms with van der Waals surface area (Å²) in [6.45, 7) is 13.9. The van der Waals surface area contributed by atoms with Gasteiger partial charge in [-0.2, -0.15) is 0 Å². The molecule has 0 aliphatic carbocycles. The van der Waals surface area contributed by atoms with Crippen molar-refractivity contribution >= 4 is 18.3 Å². The van der Waals surface area contributed by atoms with Crippen molar-refractivity contribution in [1.29, 1.82) is 0 Å². The second-order valence-corrected chi connectivity index (χ2v) is 8.36. The number of halogens is 1. The van der Waals surface area contributed by atoms with E-state index in [0.29, 0.717) is 13.1 Å². The van der Waals surface area contributed by atoms with Crippen LogP contribution in [0.2, 0.25) is 0 Å². The summed E-state index contributed by atoms with van der Waals surface area (Å²) in [5.41, 5.74) is 9.07. The molecule has 0 spiro atoms. The molecule has 1 aromatic carbocycles. The molecule has 144 valence electrons. The zero-order valence-corrected chi connectivity index (χ0v) is 17.3. The lowest BCUT2D eigenvalue weighted by molar-refractivity contribution is 0.0949. The molecule has 0 atom stereocenters. The molecular weight excluding hydrogens is 350 g/mol. The van der Waals surface area contributed by atoms with Crippen molar-refractivity contribution in [2.75, 3.05) is 13.1 Å². The third-order valence-corrected chi connectivity index (χ3v) is 4.07. The van der Waals surface area contributed by atoms with Gasteiger partial charge in [0.25, 0.3) is 5.91 Å². The summed E-state index contributed by atoms with van der Waals surface area (Å²) in [5, 5.41) is 10.8. The van der Waals surface area contributed by atoms with Crippen LogP contribution in [0.4, 0.5) is 0 Å². The maximum atomic E-state index is 12.0. The van der Waals surface area contributed by atoms with E-state index in [1.807, 2.05) is 0 Å². The number of rotatable bonds is 4. The van der Waals surface area contributed by atoms with Gasteiger partial charge < -0.3 is 11.1 Å². The van der Waals surface area contributed by atoms with Crippen LogP contribution in [0.15, 0.2) is 24.4 Å². The molecule has 3 N–H and O–H groups in total. The standard InChI is InChI=1S/C19H29N5O.ClH/c1-18(2,3)13-9-14(19(4,5)6)11-15(10-13)24-12-16(22-23-24)17(25)21-8-7-20;/h9-12H,7-8,20H2,1-6H3,(H,21,25);1H. The lowest BCUT2D eigenvalue weighted by Crippen LogP contribution is -2.29. The average molecular weight is 380 g/mol. The predicted molar refractivity (Wildman–Crippen MR) is 107 cm³/mol. The van der Waals surface area contributed by atoms with Gasteiger partial charge in [-0.25, -0.2) is 4.68 Å². The van der Waals surface area contributed by atoms with Crippen LogP contribution in [0.5, 0.6) is 0 Å². The second-order valence-electron chi connectivity index (χ2n) is 8.36. The molecule has 0 unspecified atom stereocenters. The molecule has 0 aliphatic heterocycles. The predicted octanol–water partition coefficient (Wildman–Crippen LogP) is 2.97. The molecule has 6 nitrogen and oxygen atoms in total. The number of nitrogens with two attached hydrogens (primary N) is 1. The Hall–Kier alpha value is -1.92. The third kappa shape index (κ3) is 5.29. The van der Waals surface area contributed by atoms with Crippen molar-refractivity contribution in [2.45, 2.75) is 52.4 Å². The lowest BCUT2D eigenvalue weighted by Gasteiger charge is -2.26. The summed E-state index contributed by atoms with van der Waals surface area (Å²) < 4.78 is 1.65. The lowest BCUT2D eigenvalue weighted by atomic mass is 9.80. The Labute approximate surface area is 162 Å². The van der Waals surface area contributed by atoms with Crippen LogP contribution >= 0.6 is 12.4 Å². The summed E-state index contributed by atoms with van der Waals surface area (Å²) in [7, 11) is 0. The highest BCUT2D eigenvalue weighted by molar-refractivity contribution is 5.91. The number of carbonyl (C=O) groups excluding carboxylic acids is 1. The van der Waals surface area contributed by atoms with E-state index in [0.717, 1.165) is 5.69 Å². The van der Waals surface area contributed by atoms with E-state index < -0.39 is 0 Å². The van der Waals surface area contributed by atoms with Crippen LogP contribution in [-0.2, 0) is 10.8 Å². The molecule has 0 bridgehead atoms. The largest absolute Gasteiger partial charge is 0.349 e. The highest BCUT2D eigenvalue weighted by Crippen LogP contribution is 2.31. The topological polar surface area (TPSA) is 85.8 Å². The number of amides is 1. The van der Waals surface area contributed by atoms with E-state index in [2.05, 4.69) is 75.4 Å². The van der Waals surface area contributed by atoms with Gasteiger partial charge in [0.15, 0.2) is 5.69 Å². The van der Waals surface area contributed by atoms with Crippen LogP contribution < -0.4 is 11.1 Å². The number of hydrogen-bond acceptors (Lipinski definition) is 4. The van der Waals surface area contributed by atoms with Crippen molar-refractivity contribution in [3.05, 3.63) is 41.2 Å². The first kappa shape index (κ1) is 22.1. The highest BCUT2D eigenvalue weighted by atomic mass is 35.5. The van der Waals surface area contributed by atoms with E-state index in [4.69, 9.17) is 5.73 Å². The summed E-state index contributed by atoms with van der Waals surface area (Å²) >= 11 is 0. The van der Waals surface area contributed by atoms with Gasteiger partial charge in [0.1, 0.15) is 0 Å². The zero-order valence-electron chi connectivity index (χ0n) is 16.5. The monoisotopic (exact) mass is 379 g/mol. The van der Waals surface area contributed by atoms with Crippen LogP contribution in [0.25, 0.3) is 5.69 Å². The van der Waals surface area contributed by atoms with Crippen LogP contribution in [0, 0.1) is 0 Å². The summed E-state index contributed by atoms with van der Waals surface area (Å²) in [5.74, 6) is -0.264. The summed E-state index contributed by atoms with van der Waals surface area (Å²) in [6, 6.07) is 6.45. The highest BCUT2D eigenvalue weighted by Gasteiger charge is 2.21. The van der Waals surface area contributed by atoms with Gasteiger partial charge in [-0.1, -0.05) is 52.8 Å². The Bertz CT molecular complexity index is 724. The summed E-state index contributed by atoms with van der Waals surface area (Å²) in [4.78, 5) is 12.0. The fraction of sp³-hybridized carbons (Fsp3) is 0.526. The van der Waals surface area contributed by atoms with Crippen molar-refractivity contribution in [2.24, 2.45) is 5.73 Å². The molecule has 1 heterocycles. The van der Waals surface area contributed by atoms with Gasteiger partial charge >= 0.3 is 0 Å². The number of hydrogen-bond donors (Lipinski definition) is 2. The van der Waals surface area contributed by atoms with E-state index >= 15 is 0 Å². The average Bonchev–Trinajstić information content (AvgIpc) is 3.00. The van der Waals surface area contributed by atoms with Crippen LogP contribution in [0.3, 0.4) is 0 Å². The molecule has 1 aromatic heterocycles. The number of carbonyl (C=O) groups is 1. The van der Waals surface area contributed by atoms with Gasteiger partial charge in [0.05, 0.1) is 11.9 Å². The normalized spacial score (nSPS) is 11.8. The third-order valence-electron chi connectivity index (χ3n) is 4.07. The summed E-state index contributed by atoms with van der Waals surface area (Å²) in [6.07, 6.45) is 1.65. The van der Waals surface area contributed by atoms with Crippen LogP contribution in [0.1, 0.15) is 63.2 Å². The molecule has 0 saturated heterocycles. The molecule has 7 heteroatoms. The maximum Gasteiger partial charge on any atom is 0.273 e. The minimum atomic E-state index is -0.264. The first-order chi connectivity index (χ1) is 11.5. The Morgan fingerprint density at radius 3 is 2.08 bits per heavy atom. The Balaban J connectivity index is 0.00000338. The van der Waals surface area contributed by atoms with Gasteiger partial charge in [-0.05, 0) is 34.1 Å². The van der Waals surface area contributed by atoms with Crippen molar-refractivity contribution in [3.8, 4) is 5.69 Å². The number of nitrogens with one attached hydrogen (secondary N) is 1. The number of aromatic nitrogens is 3.